The quantitative estimate of drug-likeness (QED) is 0.786. The summed E-state index contributed by atoms with van der Waals surface area (Å²) in [5.41, 5.74) is 0. The van der Waals surface area contributed by atoms with E-state index < -0.39 is 0 Å². The van der Waals surface area contributed by atoms with Gasteiger partial charge >= 0.3 is 0 Å². The molecular weight excluding hydrogens is 266 g/mol. The summed E-state index contributed by atoms with van der Waals surface area (Å²) >= 11 is 0. The van der Waals surface area contributed by atoms with E-state index in [-0.39, 0.29) is 17.9 Å². The molecule has 2 amide bonds. The average molecular weight is 295 g/mol. The number of carbonyl (C=O) groups is 2. The Labute approximate surface area is 128 Å². The Morgan fingerprint density at radius 2 is 1.86 bits per heavy atom. The molecule has 2 fully saturated rings. The van der Waals surface area contributed by atoms with Crippen LogP contribution in [-0.4, -0.2) is 71.8 Å². The molecular formula is C16H29N3O2. The second-order valence-corrected chi connectivity index (χ2v) is 6.39. The van der Waals surface area contributed by atoms with Crippen molar-refractivity contribution in [3.05, 3.63) is 0 Å². The monoisotopic (exact) mass is 295 g/mol. The highest BCUT2D eigenvalue weighted by Gasteiger charge is 2.37. The first-order chi connectivity index (χ1) is 10.0. The number of piperazine rings is 1. The molecule has 0 N–H and O–H groups in total. The smallest absolute Gasteiger partial charge is 0.239 e. The second-order valence-electron chi connectivity index (χ2n) is 6.39. The van der Waals surface area contributed by atoms with E-state index in [0.717, 1.165) is 58.3 Å². The zero-order chi connectivity index (χ0) is 15.4. The Bertz CT molecular complexity index is 378. The third-order valence-corrected chi connectivity index (χ3v) is 4.97. The molecule has 2 heterocycles. The highest BCUT2D eigenvalue weighted by Crippen LogP contribution is 2.24. The van der Waals surface area contributed by atoms with Crippen LogP contribution in [0.4, 0.5) is 0 Å². The van der Waals surface area contributed by atoms with Gasteiger partial charge in [0.1, 0.15) is 0 Å². The van der Waals surface area contributed by atoms with Crippen LogP contribution in [0.2, 0.25) is 0 Å². The maximum Gasteiger partial charge on any atom is 0.239 e. The lowest BCUT2D eigenvalue weighted by molar-refractivity contribution is -0.144. The second kappa shape index (κ2) is 7.25. The van der Waals surface area contributed by atoms with E-state index in [0.29, 0.717) is 6.04 Å². The van der Waals surface area contributed by atoms with E-state index in [1.807, 2.05) is 16.8 Å². The van der Waals surface area contributed by atoms with E-state index >= 15 is 0 Å². The first-order valence-corrected chi connectivity index (χ1v) is 8.30. The van der Waals surface area contributed by atoms with Crippen molar-refractivity contribution in [1.29, 1.82) is 0 Å². The Balaban J connectivity index is 1.99. The van der Waals surface area contributed by atoms with Gasteiger partial charge in [0.05, 0.1) is 6.04 Å². The molecule has 0 saturated carbocycles. The SMILES string of the molecule is CCCCC1C(=O)N(C)CCN1C1CCN(C(C)=O)CC1. The number of unbranched alkanes of at least 4 members (excludes halogenated alkanes) is 1. The van der Waals surface area contributed by atoms with Gasteiger partial charge in [-0.15, -0.1) is 0 Å². The van der Waals surface area contributed by atoms with Gasteiger partial charge in [-0.2, -0.15) is 0 Å². The molecule has 1 unspecified atom stereocenters. The largest absolute Gasteiger partial charge is 0.343 e. The zero-order valence-electron chi connectivity index (χ0n) is 13.7. The van der Waals surface area contributed by atoms with Crippen molar-refractivity contribution in [2.45, 2.75) is 58.0 Å². The Kier molecular flexibility index (Phi) is 5.62. The fraction of sp³-hybridized carbons (Fsp3) is 0.875. The predicted molar refractivity (Wildman–Crippen MR) is 82.9 cm³/mol. The summed E-state index contributed by atoms with van der Waals surface area (Å²) in [6, 6.07) is 0.512. The fourth-order valence-electron chi connectivity index (χ4n) is 3.56. The van der Waals surface area contributed by atoms with Gasteiger partial charge < -0.3 is 9.80 Å². The highest BCUT2D eigenvalue weighted by atomic mass is 16.2. The standard InChI is InChI=1S/C16H29N3O2/c1-4-5-6-15-16(21)17(3)11-12-19(15)14-7-9-18(10-8-14)13(2)20/h14-15H,4-12H2,1-3H3. The lowest BCUT2D eigenvalue weighted by atomic mass is 9.96. The van der Waals surface area contributed by atoms with E-state index in [2.05, 4.69) is 11.8 Å². The summed E-state index contributed by atoms with van der Waals surface area (Å²) in [6.45, 7) is 7.29. The van der Waals surface area contributed by atoms with E-state index in [9.17, 15) is 9.59 Å². The van der Waals surface area contributed by atoms with Crippen LogP contribution in [0, 0.1) is 0 Å². The third kappa shape index (κ3) is 3.76. The van der Waals surface area contributed by atoms with E-state index in [1.54, 1.807) is 6.92 Å². The number of nitrogens with zero attached hydrogens (tertiary/aromatic N) is 3. The number of likely N-dealkylation sites (N-methyl/N-ethyl adjacent to an activating group) is 1. The van der Waals surface area contributed by atoms with Gasteiger partial charge in [-0.25, -0.2) is 0 Å². The molecule has 0 aromatic heterocycles. The van der Waals surface area contributed by atoms with Gasteiger partial charge in [0.15, 0.2) is 0 Å². The molecule has 2 rings (SSSR count). The minimum atomic E-state index is 0.0533. The number of piperidine rings is 1. The van der Waals surface area contributed by atoms with Crippen LogP contribution in [0.5, 0.6) is 0 Å². The normalized spacial score (nSPS) is 25.5. The number of amides is 2. The fourth-order valence-corrected chi connectivity index (χ4v) is 3.56. The minimum absolute atomic E-state index is 0.0533. The number of hydrogen-bond acceptors (Lipinski definition) is 3. The van der Waals surface area contributed by atoms with Crippen LogP contribution in [0.25, 0.3) is 0 Å². The van der Waals surface area contributed by atoms with Crippen LogP contribution in [0.3, 0.4) is 0 Å². The van der Waals surface area contributed by atoms with Gasteiger partial charge in [0.25, 0.3) is 0 Å². The lowest BCUT2D eigenvalue weighted by Crippen LogP contribution is -2.60. The van der Waals surface area contributed by atoms with E-state index in [4.69, 9.17) is 0 Å². The first-order valence-electron chi connectivity index (χ1n) is 8.30. The Morgan fingerprint density at radius 3 is 2.43 bits per heavy atom. The lowest BCUT2D eigenvalue weighted by Gasteiger charge is -2.46. The van der Waals surface area contributed by atoms with E-state index in [1.165, 1.54) is 0 Å². The number of rotatable bonds is 4. The summed E-state index contributed by atoms with van der Waals surface area (Å²) in [5, 5.41) is 0. The van der Waals surface area contributed by atoms with Gasteiger partial charge in [-0.05, 0) is 19.3 Å². The molecule has 21 heavy (non-hydrogen) atoms. The summed E-state index contributed by atoms with van der Waals surface area (Å²) < 4.78 is 0. The molecule has 2 saturated heterocycles. The topological polar surface area (TPSA) is 43.9 Å². The summed E-state index contributed by atoms with van der Waals surface area (Å²) in [6.07, 6.45) is 5.20. The van der Waals surface area contributed by atoms with Gasteiger partial charge in [0.2, 0.25) is 11.8 Å². The molecule has 0 spiro atoms. The van der Waals surface area contributed by atoms with Gasteiger partial charge in [-0.1, -0.05) is 19.8 Å². The van der Waals surface area contributed by atoms with Crippen LogP contribution in [-0.2, 0) is 9.59 Å². The average Bonchev–Trinajstić information content (AvgIpc) is 2.49. The molecule has 1 atom stereocenters. The molecule has 0 radical (unpaired) electrons. The third-order valence-electron chi connectivity index (χ3n) is 4.97. The molecule has 5 nitrogen and oxygen atoms in total. The molecule has 0 aliphatic carbocycles. The number of hydrogen-bond donors (Lipinski definition) is 0. The molecule has 0 bridgehead atoms. The van der Waals surface area contributed by atoms with Crippen LogP contribution < -0.4 is 0 Å². The summed E-state index contributed by atoms with van der Waals surface area (Å²) in [4.78, 5) is 30.1. The van der Waals surface area contributed by atoms with Crippen LogP contribution in [0.15, 0.2) is 0 Å². The Morgan fingerprint density at radius 1 is 1.19 bits per heavy atom. The van der Waals surface area contributed by atoms with Crippen molar-refractivity contribution in [2.75, 3.05) is 33.2 Å². The first kappa shape index (κ1) is 16.3. The predicted octanol–water partition coefficient (Wildman–Crippen LogP) is 1.33. The summed E-state index contributed by atoms with van der Waals surface area (Å²) in [7, 11) is 1.91. The number of likely N-dealkylation sites (tertiary alicyclic amines) is 1. The maximum absolute atomic E-state index is 12.5. The van der Waals surface area contributed by atoms with Crippen molar-refractivity contribution in [2.24, 2.45) is 0 Å². The van der Waals surface area contributed by atoms with Crippen LogP contribution in [0.1, 0.15) is 46.0 Å². The molecule has 0 aromatic carbocycles. The van der Waals surface area contributed by atoms with Crippen molar-refractivity contribution in [1.82, 2.24) is 14.7 Å². The number of carbonyl (C=O) groups excluding carboxylic acids is 2. The molecule has 0 aromatic rings. The molecule has 2 aliphatic heterocycles. The zero-order valence-corrected chi connectivity index (χ0v) is 13.7. The Hall–Kier alpha value is -1.10. The van der Waals surface area contributed by atoms with Crippen LogP contribution >= 0.6 is 0 Å². The van der Waals surface area contributed by atoms with Crippen molar-refractivity contribution in [3.63, 3.8) is 0 Å². The summed E-state index contributed by atoms with van der Waals surface area (Å²) in [5.74, 6) is 0.453. The highest BCUT2D eigenvalue weighted by molar-refractivity contribution is 5.82. The van der Waals surface area contributed by atoms with Crippen molar-refractivity contribution in [3.8, 4) is 0 Å². The minimum Gasteiger partial charge on any atom is -0.343 e. The van der Waals surface area contributed by atoms with Crippen molar-refractivity contribution < 1.29 is 9.59 Å². The van der Waals surface area contributed by atoms with Gasteiger partial charge in [-0.3, -0.25) is 14.5 Å². The molecule has 120 valence electrons. The van der Waals surface area contributed by atoms with Gasteiger partial charge in [0, 0.05) is 46.2 Å². The van der Waals surface area contributed by atoms with Crippen molar-refractivity contribution >= 4 is 11.8 Å². The molecule has 2 aliphatic rings. The molecule has 5 heteroatoms. The maximum atomic E-state index is 12.5.